The van der Waals surface area contributed by atoms with Crippen molar-refractivity contribution in [1.29, 1.82) is 0 Å². The van der Waals surface area contributed by atoms with Crippen LogP contribution < -0.4 is 0 Å². The molecule has 18 heavy (non-hydrogen) atoms. The standard InChI is InChI=1S/C13H23NO3S/c1-10(8-13(16)17)11-4-3-6-14(9-11)12(15)5-7-18-2/h10-11H,3-9H2,1-2H3,(H,16,17). The third-order valence-corrected chi connectivity index (χ3v) is 4.24. The van der Waals surface area contributed by atoms with Gasteiger partial charge >= 0.3 is 5.97 Å². The number of carbonyl (C=O) groups is 2. The van der Waals surface area contributed by atoms with Gasteiger partial charge in [-0.05, 0) is 30.9 Å². The second-order valence-electron chi connectivity index (χ2n) is 5.06. The van der Waals surface area contributed by atoms with Crippen LogP contribution in [-0.4, -0.2) is 47.0 Å². The van der Waals surface area contributed by atoms with Crippen LogP contribution in [0, 0.1) is 11.8 Å². The van der Waals surface area contributed by atoms with Crippen LogP contribution in [0.4, 0.5) is 0 Å². The molecule has 0 aromatic rings. The molecule has 0 radical (unpaired) electrons. The fourth-order valence-electron chi connectivity index (χ4n) is 2.49. The minimum atomic E-state index is -0.742. The maximum atomic E-state index is 11.9. The molecule has 0 aromatic carbocycles. The summed E-state index contributed by atoms with van der Waals surface area (Å²) < 4.78 is 0. The Morgan fingerprint density at radius 1 is 1.50 bits per heavy atom. The number of aliphatic carboxylic acids is 1. The second kappa shape index (κ2) is 7.67. The fraction of sp³-hybridized carbons (Fsp3) is 0.846. The van der Waals surface area contributed by atoms with Gasteiger partial charge in [0.2, 0.25) is 5.91 Å². The van der Waals surface area contributed by atoms with E-state index in [0.29, 0.717) is 12.3 Å². The van der Waals surface area contributed by atoms with Gasteiger partial charge in [0.15, 0.2) is 0 Å². The lowest BCUT2D eigenvalue weighted by atomic mass is 9.84. The molecule has 104 valence electrons. The quantitative estimate of drug-likeness (QED) is 0.805. The van der Waals surface area contributed by atoms with Crippen LogP contribution in [0.5, 0.6) is 0 Å². The largest absolute Gasteiger partial charge is 0.481 e. The Morgan fingerprint density at radius 2 is 2.22 bits per heavy atom. The van der Waals surface area contributed by atoms with Gasteiger partial charge in [-0.2, -0.15) is 11.8 Å². The number of amides is 1. The topological polar surface area (TPSA) is 57.6 Å². The smallest absolute Gasteiger partial charge is 0.303 e. The lowest BCUT2D eigenvalue weighted by Crippen LogP contribution is -2.42. The van der Waals surface area contributed by atoms with E-state index in [-0.39, 0.29) is 18.2 Å². The van der Waals surface area contributed by atoms with Gasteiger partial charge in [0.1, 0.15) is 0 Å². The van der Waals surface area contributed by atoms with Gasteiger partial charge in [0.05, 0.1) is 0 Å². The summed E-state index contributed by atoms with van der Waals surface area (Å²) in [5, 5.41) is 8.82. The number of rotatable bonds is 6. The van der Waals surface area contributed by atoms with Crippen molar-refractivity contribution in [2.75, 3.05) is 25.1 Å². The summed E-state index contributed by atoms with van der Waals surface area (Å²) >= 11 is 1.68. The molecule has 0 aliphatic carbocycles. The number of carboxylic acids is 1. The van der Waals surface area contributed by atoms with E-state index in [2.05, 4.69) is 0 Å². The van der Waals surface area contributed by atoms with Crippen molar-refractivity contribution in [2.24, 2.45) is 11.8 Å². The lowest BCUT2D eigenvalue weighted by molar-refractivity contribution is -0.138. The molecule has 4 nitrogen and oxygen atoms in total. The van der Waals surface area contributed by atoms with Crippen molar-refractivity contribution >= 4 is 23.6 Å². The second-order valence-corrected chi connectivity index (χ2v) is 6.05. The SMILES string of the molecule is CSCCC(=O)N1CCCC(C(C)CC(=O)O)C1. The van der Waals surface area contributed by atoms with Crippen molar-refractivity contribution in [3.63, 3.8) is 0 Å². The van der Waals surface area contributed by atoms with E-state index in [4.69, 9.17) is 5.11 Å². The number of hydrogen-bond acceptors (Lipinski definition) is 3. The van der Waals surface area contributed by atoms with E-state index in [1.54, 1.807) is 11.8 Å². The van der Waals surface area contributed by atoms with E-state index >= 15 is 0 Å². The molecule has 1 heterocycles. The Morgan fingerprint density at radius 3 is 2.83 bits per heavy atom. The van der Waals surface area contributed by atoms with Gasteiger partial charge in [-0.1, -0.05) is 6.92 Å². The molecule has 0 bridgehead atoms. The summed E-state index contributed by atoms with van der Waals surface area (Å²) in [7, 11) is 0. The van der Waals surface area contributed by atoms with Gasteiger partial charge in [-0.3, -0.25) is 9.59 Å². The molecular weight excluding hydrogens is 250 g/mol. The lowest BCUT2D eigenvalue weighted by Gasteiger charge is -2.35. The Labute approximate surface area is 113 Å². The zero-order chi connectivity index (χ0) is 13.5. The molecule has 5 heteroatoms. The molecule has 1 fully saturated rings. The first-order valence-corrected chi connectivity index (χ1v) is 7.92. The van der Waals surface area contributed by atoms with Crippen LogP contribution in [0.2, 0.25) is 0 Å². The van der Waals surface area contributed by atoms with Crippen LogP contribution in [0.1, 0.15) is 32.6 Å². The van der Waals surface area contributed by atoms with Crippen LogP contribution in [-0.2, 0) is 9.59 Å². The first kappa shape index (κ1) is 15.3. The minimum absolute atomic E-state index is 0.152. The van der Waals surface area contributed by atoms with Crippen molar-refractivity contribution < 1.29 is 14.7 Å². The Hall–Kier alpha value is -0.710. The number of thioether (sulfide) groups is 1. The molecule has 2 unspecified atom stereocenters. The highest BCUT2D eigenvalue weighted by molar-refractivity contribution is 7.98. The van der Waals surface area contributed by atoms with Gasteiger partial charge in [0.25, 0.3) is 0 Å². The van der Waals surface area contributed by atoms with E-state index in [1.807, 2.05) is 18.1 Å². The third kappa shape index (κ3) is 4.88. The summed E-state index contributed by atoms with van der Waals surface area (Å²) in [5.74, 6) is 0.835. The normalized spacial score (nSPS) is 21.7. The third-order valence-electron chi connectivity index (χ3n) is 3.63. The maximum absolute atomic E-state index is 11.9. The number of carbonyl (C=O) groups excluding carboxylic acids is 1. The number of piperidine rings is 1. The van der Waals surface area contributed by atoms with Crippen molar-refractivity contribution in [3.8, 4) is 0 Å². The van der Waals surface area contributed by atoms with Gasteiger partial charge < -0.3 is 10.0 Å². The molecule has 1 rings (SSSR count). The zero-order valence-electron chi connectivity index (χ0n) is 11.2. The van der Waals surface area contributed by atoms with Crippen molar-refractivity contribution in [3.05, 3.63) is 0 Å². The molecule has 2 atom stereocenters. The summed E-state index contributed by atoms with van der Waals surface area (Å²) in [6.45, 7) is 3.56. The Bertz CT molecular complexity index is 296. The molecule has 1 N–H and O–H groups in total. The van der Waals surface area contributed by atoms with E-state index in [9.17, 15) is 9.59 Å². The summed E-state index contributed by atoms with van der Waals surface area (Å²) in [4.78, 5) is 24.6. The highest BCUT2D eigenvalue weighted by Gasteiger charge is 2.27. The fourth-order valence-corrected chi connectivity index (χ4v) is 2.87. The number of nitrogens with zero attached hydrogens (tertiary/aromatic N) is 1. The highest BCUT2D eigenvalue weighted by Crippen LogP contribution is 2.26. The summed E-state index contributed by atoms with van der Waals surface area (Å²) in [6, 6.07) is 0. The van der Waals surface area contributed by atoms with Gasteiger partial charge in [0, 0.05) is 31.7 Å². The first-order valence-electron chi connectivity index (χ1n) is 6.53. The van der Waals surface area contributed by atoms with Gasteiger partial charge in [-0.15, -0.1) is 0 Å². The molecule has 0 saturated carbocycles. The molecular formula is C13H23NO3S. The molecule has 1 amide bonds. The monoisotopic (exact) mass is 273 g/mol. The molecule has 1 aliphatic rings. The number of hydrogen-bond donors (Lipinski definition) is 1. The van der Waals surface area contributed by atoms with Gasteiger partial charge in [-0.25, -0.2) is 0 Å². The number of carboxylic acid groups (broad SMARTS) is 1. The van der Waals surface area contributed by atoms with E-state index in [1.165, 1.54) is 0 Å². The zero-order valence-corrected chi connectivity index (χ0v) is 12.0. The average molecular weight is 273 g/mol. The molecule has 1 aliphatic heterocycles. The van der Waals surface area contributed by atoms with Crippen molar-refractivity contribution in [1.82, 2.24) is 4.90 Å². The van der Waals surface area contributed by atoms with Crippen LogP contribution in [0.3, 0.4) is 0 Å². The first-order chi connectivity index (χ1) is 8.54. The minimum Gasteiger partial charge on any atom is -0.481 e. The molecule has 0 spiro atoms. The maximum Gasteiger partial charge on any atom is 0.303 e. The molecule has 1 saturated heterocycles. The predicted octanol–water partition coefficient (Wildman–Crippen LogP) is 2.09. The van der Waals surface area contributed by atoms with E-state index in [0.717, 1.165) is 31.7 Å². The number of likely N-dealkylation sites (tertiary alicyclic amines) is 1. The van der Waals surface area contributed by atoms with Crippen LogP contribution in [0.25, 0.3) is 0 Å². The van der Waals surface area contributed by atoms with Crippen LogP contribution >= 0.6 is 11.8 Å². The Balaban J connectivity index is 2.44. The van der Waals surface area contributed by atoms with E-state index < -0.39 is 5.97 Å². The summed E-state index contributed by atoms with van der Waals surface area (Å²) in [5.41, 5.74) is 0. The summed E-state index contributed by atoms with van der Waals surface area (Å²) in [6.07, 6.45) is 4.85. The van der Waals surface area contributed by atoms with Crippen LogP contribution in [0.15, 0.2) is 0 Å². The Kier molecular flexibility index (Phi) is 6.54. The predicted molar refractivity (Wildman–Crippen MR) is 73.7 cm³/mol. The molecule has 0 aromatic heterocycles. The van der Waals surface area contributed by atoms with Crippen molar-refractivity contribution in [2.45, 2.75) is 32.6 Å². The average Bonchev–Trinajstić information content (AvgIpc) is 2.35. The highest BCUT2D eigenvalue weighted by atomic mass is 32.2.